The van der Waals surface area contributed by atoms with Crippen molar-refractivity contribution in [1.82, 2.24) is 5.32 Å². The summed E-state index contributed by atoms with van der Waals surface area (Å²) >= 11 is 0. The van der Waals surface area contributed by atoms with Crippen LogP contribution in [-0.4, -0.2) is 19.0 Å². The van der Waals surface area contributed by atoms with Gasteiger partial charge in [-0.25, -0.2) is 8.78 Å². The maximum Gasteiger partial charge on any atom is 0.251 e. The van der Waals surface area contributed by atoms with Gasteiger partial charge < -0.3 is 10.2 Å². The SMILES string of the molecule is O=C(NCc1ccc(N2CCCC2)cc1)c1cc(F)cc(F)c1. The van der Waals surface area contributed by atoms with Crippen molar-refractivity contribution in [3.05, 3.63) is 65.2 Å². The van der Waals surface area contributed by atoms with Gasteiger partial charge in [-0.1, -0.05) is 12.1 Å². The van der Waals surface area contributed by atoms with Gasteiger partial charge in [0.25, 0.3) is 5.91 Å². The molecular formula is C18H18F2N2O. The molecule has 0 bridgehead atoms. The number of halogens is 2. The van der Waals surface area contributed by atoms with E-state index in [1.807, 2.05) is 24.3 Å². The van der Waals surface area contributed by atoms with Gasteiger partial charge in [-0.05, 0) is 42.7 Å². The highest BCUT2D eigenvalue weighted by Gasteiger charge is 2.12. The van der Waals surface area contributed by atoms with E-state index in [0.717, 1.165) is 36.9 Å². The predicted octanol–water partition coefficient (Wildman–Crippen LogP) is 3.50. The molecule has 0 unspecified atom stereocenters. The summed E-state index contributed by atoms with van der Waals surface area (Å²) in [4.78, 5) is 14.3. The minimum atomic E-state index is -0.759. The van der Waals surface area contributed by atoms with Crippen LogP contribution in [0.1, 0.15) is 28.8 Å². The molecule has 1 aliphatic heterocycles. The summed E-state index contributed by atoms with van der Waals surface area (Å²) in [5, 5.41) is 2.67. The molecule has 0 spiro atoms. The summed E-state index contributed by atoms with van der Waals surface area (Å²) in [6, 6.07) is 10.8. The lowest BCUT2D eigenvalue weighted by molar-refractivity contribution is 0.0950. The normalized spacial score (nSPS) is 14.1. The summed E-state index contributed by atoms with van der Waals surface area (Å²) < 4.78 is 26.2. The number of benzene rings is 2. The van der Waals surface area contributed by atoms with Gasteiger partial charge in [0, 0.05) is 37.0 Å². The second-order valence-electron chi connectivity index (χ2n) is 5.70. The number of rotatable bonds is 4. The van der Waals surface area contributed by atoms with Gasteiger partial charge in [0.2, 0.25) is 0 Å². The number of hydrogen-bond donors (Lipinski definition) is 1. The van der Waals surface area contributed by atoms with E-state index in [0.29, 0.717) is 6.54 Å². The van der Waals surface area contributed by atoms with Crippen LogP contribution >= 0.6 is 0 Å². The van der Waals surface area contributed by atoms with E-state index < -0.39 is 17.5 Å². The van der Waals surface area contributed by atoms with E-state index in [4.69, 9.17) is 0 Å². The Hall–Kier alpha value is -2.43. The summed E-state index contributed by atoms with van der Waals surface area (Å²) in [6.07, 6.45) is 2.45. The lowest BCUT2D eigenvalue weighted by Gasteiger charge is -2.17. The largest absolute Gasteiger partial charge is 0.372 e. The maximum atomic E-state index is 13.1. The first kappa shape index (κ1) is 15.5. The van der Waals surface area contributed by atoms with Crippen molar-refractivity contribution >= 4 is 11.6 Å². The average molecular weight is 316 g/mol. The van der Waals surface area contributed by atoms with Crippen molar-refractivity contribution in [3.8, 4) is 0 Å². The molecule has 0 atom stereocenters. The van der Waals surface area contributed by atoms with E-state index in [2.05, 4.69) is 10.2 Å². The number of nitrogens with zero attached hydrogens (tertiary/aromatic N) is 1. The predicted molar refractivity (Wildman–Crippen MR) is 85.4 cm³/mol. The van der Waals surface area contributed by atoms with Crippen molar-refractivity contribution in [2.24, 2.45) is 0 Å². The van der Waals surface area contributed by atoms with Gasteiger partial charge in [0.15, 0.2) is 0 Å². The number of hydrogen-bond acceptors (Lipinski definition) is 2. The molecule has 2 aromatic carbocycles. The molecule has 23 heavy (non-hydrogen) atoms. The van der Waals surface area contributed by atoms with Crippen LogP contribution in [0, 0.1) is 11.6 Å². The van der Waals surface area contributed by atoms with Gasteiger partial charge in [-0.15, -0.1) is 0 Å². The minimum Gasteiger partial charge on any atom is -0.372 e. The number of anilines is 1. The van der Waals surface area contributed by atoms with E-state index >= 15 is 0 Å². The molecule has 1 heterocycles. The molecule has 1 aliphatic rings. The fraction of sp³-hybridized carbons (Fsp3) is 0.278. The Balaban J connectivity index is 1.60. The van der Waals surface area contributed by atoms with E-state index in [1.54, 1.807) is 0 Å². The van der Waals surface area contributed by atoms with Gasteiger partial charge in [0.1, 0.15) is 11.6 Å². The molecule has 3 rings (SSSR count). The number of amides is 1. The maximum absolute atomic E-state index is 13.1. The average Bonchev–Trinajstić information content (AvgIpc) is 3.06. The molecule has 5 heteroatoms. The quantitative estimate of drug-likeness (QED) is 0.936. The first-order valence-electron chi connectivity index (χ1n) is 7.70. The first-order valence-corrected chi connectivity index (χ1v) is 7.70. The van der Waals surface area contributed by atoms with Gasteiger partial charge in [-0.3, -0.25) is 4.79 Å². The summed E-state index contributed by atoms with van der Waals surface area (Å²) in [5.41, 5.74) is 2.11. The highest BCUT2D eigenvalue weighted by atomic mass is 19.1. The van der Waals surface area contributed by atoms with E-state index in [-0.39, 0.29) is 5.56 Å². The number of carbonyl (C=O) groups is 1. The number of carbonyl (C=O) groups excluding carboxylic acids is 1. The fourth-order valence-corrected chi connectivity index (χ4v) is 2.77. The first-order chi connectivity index (χ1) is 11.1. The Morgan fingerprint density at radius 3 is 2.22 bits per heavy atom. The second kappa shape index (κ2) is 6.77. The Labute approximate surface area is 133 Å². The summed E-state index contributed by atoms with van der Waals surface area (Å²) in [7, 11) is 0. The van der Waals surface area contributed by atoms with Gasteiger partial charge in [-0.2, -0.15) is 0 Å². The summed E-state index contributed by atoms with van der Waals surface area (Å²) in [5.74, 6) is -2.01. The van der Waals surface area contributed by atoms with Crippen molar-refractivity contribution < 1.29 is 13.6 Å². The van der Waals surface area contributed by atoms with Crippen molar-refractivity contribution in [2.45, 2.75) is 19.4 Å². The minimum absolute atomic E-state index is 0.0174. The third-order valence-corrected chi connectivity index (χ3v) is 3.99. The van der Waals surface area contributed by atoms with E-state index in [9.17, 15) is 13.6 Å². The second-order valence-corrected chi connectivity index (χ2v) is 5.70. The highest BCUT2D eigenvalue weighted by molar-refractivity contribution is 5.94. The molecule has 1 saturated heterocycles. The van der Waals surface area contributed by atoms with Crippen LogP contribution in [0.25, 0.3) is 0 Å². The Morgan fingerprint density at radius 1 is 1.00 bits per heavy atom. The van der Waals surface area contributed by atoms with Gasteiger partial charge >= 0.3 is 0 Å². The molecule has 0 radical (unpaired) electrons. The van der Waals surface area contributed by atoms with Crippen LogP contribution in [0.5, 0.6) is 0 Å². The zero-order chi connectivity index (χ0) is 16.2. The Kier molecular flexibility index (Phi) is 4.55. The molecule has 1 amide bonds. The van der Waals surface area contributed by atoms with Crippen LogP contribution < -0.4 is 10.2 Å². The monoisotopic (exact) mass is 316 g/mol. The zero-order valence-electron chi connectivity index (χ0n) is 12.7. The smallest absolute Gasteiger partial charge is 0.251 e. The highest BCUT2D eigenvalue weighted by Crippen LogP contribution is 2.20. The topological polar surface area (TPSA) is 32.3 Å². The van der Waals surface area contributed by atoms with Crippen LogP contribution in [0.15, 0.2) is 42.5 Å². The third-order valence-electron chi connectivity index (χ3n) is 3.99. The van der Waals surface area contributed by atoms with E-state index in [1.165, 1.54) is 18.5 Å². The standard InChI is InChI=1S/C18H18F2N2O/c19-15-9-14(10-16(20)11-15)18(23)21-12-13-3-5-17(6-4-13)22-7-1-2-8-22/h3-6,9-11H,1-2,7-8,12H2,(H,21,23). The molecule has 0 aliphatic carbocycles. The molecule has 3 nitrogen and oxygen atoms in total. The van der Waals surface area contributed by atoms with Gasteiger partial charge in [0.05, 0.1) is 0 Å². The van der Waals surface area contributed by atoms with Crippen molar-refractivity contribution in [2.75, 3.05) is 18.0 Å². The molecule has 2 aromatic rings. The molecule has 1 N–H and O–H groups in total. The third kappa shape index (κ3) is 3.86. The van der Waals surface area contributed by atoms with Crippen LogP contribution in [0.4, 0.5) is 14.5 Å². The van der Waals surface area contributed by atoms with Crippen LogP contribution in [-0.2, 0) is 6.54 Å². The fourth-order valence-electron chi connectivity index (χ4n) is 2.77. The molecule has 0 saturated carbocycles. The van der Waals surface area contributed by atoms with Crippen molar-refractivity contribution in [3.63, 3.8) is 0 Å². The lowest BCUT2D eigenvalue weighted by Crippen LogP contribution is -2.23. The molecule has 1 fully saturated rings. The number of nitrogens with one attached hydrogen (secondary N) is 1. The molecule has 120 valence electrons. The molecular weight excluding hydrogens is 298 g/mol. The lowest BCUT2D eigenvalue weighted by atomic mass is 10.1. The molecule has 0 aromatic heterocycles. The Morgan fingerprint density at radius 2 is 1.61 bits per heavy atom. The van der Waals surface area contributed by atoms with Crippen LogP contribution in [0.3, 0.4) is 0 Å². The van der Waals surface area contributed by atoms with Crippen molar-refractivity contribution in [1.29, 1.82) is 0 Å². The summed E-state index contributed by atoms with van der Waals surface area (Å²) in [6.45, 7) is 2.49. The zero-order valence-corrected chi connectivity index (χ0v) is 12.7. The van der Waals surface area contributed by atoms with Crippen LogP contribution in [0.2, 0.25) is 0 Å². The Bertz CT molecular complexity index is 674.